The van der Waals surface area contributed by atoms with Crippen LogP contribution >= 0.6 is 11.6 Å². The van der Waals surface area contributed by atoms with Gasteiger partial charge in [-0.1, -0.05) is 84.8 Å². The smallest absolute Gasteiger partial charge is 0.297 e. The molecule has 1 atom stereocenters. The minimum atomic E-state index is -4.18. The molecule has 1 aliphatic carbocycles. The molecule has 1 saturated heterocycles. The summed E-state index contributed by atoms with van der Waals surface area (Å²) in [5.74, 6) is 0. The zero-order chi connectivity index (χ0) is 24.5. The van der Waals surface area contributed by atoms with E-state index in [9.17, 15) is 13.2 Å². The van der Waals surface area contributed by atoms with Crippen LogP contribution in [0.25, 0.3) is 0 Å². The van der Waals surface area contributed by atoms with Crippen LogP contribution in [-0.4, -0.2) is 42.2 Å². The molecule has 3 aromatic rings. The summed E-state index contributed by atoms with van der Waals surface area (Å²) in [4.78, 5) is 4.89. The van der Waals surface area contributed by atoms with Gasteiger partial charge < -0.3 is 0 Å². The van der Waals surface area contributed by atoms with Crippen molar-refractivity contribution in [2.24, 2.45) is 0 Å². The average Bonchev–Trinajstić information content (AvgIpc) is 2.82. The van der Waals surface area contributed by atoms with E-state index in [4.69, 9.17) is 11.6 Å². The van der Waals surface area contributed by atoms with Gasteiger partial charge in [0.05, 0.1) is 11.5 Å². The Balaban J connectivity index is 1.24. The number of rotatable bonds is 6. The van der Waals surface area contributed by atoms with Gasteiger partial charge in [0.1, 0.15) is 0 Å². The van der Waals surface area contributed by atoms with Crippen LogP contribution in [0.15, 0.2) is 78.9 Å². The van der Waals surface area contributed by atoms with Crippen LogP contribution in [0, 0.1) is 0 Å². The quantitative estimate of drug-likeness (QED) is 0.353. The SMILES string of the molecule is FC(F)(F)C1(c2ccc(CN3CCN(C(c4ccccc4)c4ccc(Cl)cc4)CC3)cc2)CCC1. The maximum Gasteiger partial charge on any atom is 0.398 e. The van der Waals surface area contributed by atoms with E-state index in [1.807, 2.05) is 30.3 Å². The largest absolute Gasteiger partial charge is 0.398 e. The second-order valence-electron chi connectivity index (χ2n) is 9.81. The maximum absolute atomic E-state index is 13.7. The molecule has 5 rings (SSSR count). The molecule has 1 unspecified atom stereocenters. The van der Waals surface area contributed by atoms with E-state index in [2.05, 4.69) is 46.2 Å². The zero-order valence-corrected chi connectivity index (χ0v) is 20.4. The van der Waals surface area contributed by atoms with Crippen LogP contribution in [0.1, 0.15) is 47.6 Å². The van der Waals surface area contributed by atoms with Crippen LogP contribution in [0.2, 0.25) is 5.02 Å². The zero-order valence-electron chi connectivity index (χ0n) is 19.6. The lowest BCUT2D eigenvalue weighted by atomic mass is 9.64. The van der Waals surface area contributed by atoms with Crippen LogP contribution in [0.5, 0.6) is 0 Å². The number of alkyl halides is 3. The second-order valence-corrected chi connectivity index (χ2v) is 10.2. The number of hydrogen-bond donors (Lipinski definition) is 0. The number of halogens is 4. The lowest BCUT2D eigenvalue weighted by Gasteiger charge is -2.43. The van der Waals surface area contributed by atoms with Crippen molar-refractivity contribution in [3.8, 4) is 0 Å². The van der Waals surface area contributed by atoms with E-state index >= 15 is 0 Å². The third kappa shape index (κ3) is 5.00. The van der Waals surface area contributed by atoms with Crippen molar-refractivity contribution in [3.05, 3.63) is 106 Å². The number of benzene rings is 3. The van der Waals surface area contributed by atoms with E-state index in [1.165, 1.54) is 11.1 Å². The summed E-state index contributed by atoms with van der Waals surface area (Å²) in [5.41, 5.74) is 2.33. The van der Waals surface area contributed by atoms with Crippen molar-refractivity contribution in [2.75, 3.05) is 26.2 Å². The molecule has 0 spiro atoms. The minimum absolute atomic E-state index is 0.163. The van der Waals surface area contributed by atoms with Crippen molar-refractivity contribution < 1.29 is 13.2 Å². The van der Waals surface area contributed by atoms with E-state index in [0.29, 0.717) is 12.0 Å². The summed E-state index contributed by atoms with van der Waals surface area (Å²) in [7, 11) is 0. The van der Waals surface area contributed by atoms with Gasteiger partial charge in [-0.3, -0.25) is 9.80 Å². The number of nitrogens with zero attached hydrogens (tertiary/aromatic N) is 2. The number of hydrogen-bond acceptors (Lipinski definition) is 2. The van der Waals surface area contributed by atoms with Crippen LogP contribution in [0.4, 0.5) is 13.2 Å². The summed E-state index contributed by atoms with van der Waals surface area (Å²) in [6, 6.07) is 25.9. The highest BCUT2D eigenvalue weighted by Gasteiger charge is 2.59. The van der Waals surface area contributed by atoms with Crippen LogP contribution < -0.4 is 0 Å². The molecule has 1 aliphatic heterocycles. The van der Waals surface area contributed by atoms with E-state index in [-0.39, 0.29) is 18.9 Å². The Morgan fingerprint density at radius 2 is 1.37 bits per heavy atom. The normalized spacial score (nSPS) is 19.8. The molecule has 0 radical (unpaired) electrons. The topological polar surface area (TPSA) is 6.48 Å². The Hall–Kier alpha value is -2.34. The third-order valence-corrected chi connectivity index (χ3v) is 7.99. The molecule has 1 heterocycles. The first-order valence-corrected chi connectivity index (χ1v) is 12.7. The van der Waals surface area contributed by atoms with Gasteiger partial charge in [-0.25, -0.2) is 0 Å². The van der Waals surface area contributed by atoms with Gasteiger partial charge in [0.2, 0.25) is 0 Å². The molecule has 35 heavy (non-hydrogen) atoms. The lowest BCUT2D eigenvalue weighted by Crippen LogP contribution is -2.48. The first kappa shape index (κ1) is 24.4. The lowest BCUT2D eigenvalue weighted by molar-refractivity contribution is -0.212. The van der Waals surface area contributed by atoms with Gasteiger partial charge in [0.25, 0.3) is 0 Å². The molecule has 2 fully saturated rings. The average molecular weight is 499 g/mol. The molecule has 2 nitrogen and oxygen atoms in total. The fourth-order valence-corrected chi connectivity index (χ4v) is 5.65. The van der Waals surface area contributed by atoms with Crippen molar-refractivity contribution in [1.29, 1.82) is 0 Å². The van der Waals surface area contributed by atoms with Crippen molar-refractivity contribution in [3.63, 3.8) is 0 Å². The Bertz CT molecular complexity index is 1100. The Morgan fingerprint density at radius 3 is 1.91 bits per heavy atom. The van der Waals surface area contributed by atoms with Crippen molar-refractivity contribution in [1.82, 2.24) is 9.80 Å². The van der Waals surface area contributed by atoms with E-state index in [1.54, 1.807) is 12.1 Å². The molecule has 1 saturated carbocycles. The van der Waals surface area contributed by atoms with E-state index in [0.717, 1.165) is 43.3 Å². The summed E-state index contributed by atoms with van der Waals surface area (Å²) in [6.07, 6.45) is -3.13. The Morgan fingerprint density at radius 1 is 0.771 bits per heavy atom. The molecule has 0 amide bonds. The van der Waals surface area contributed by atoms with Crippen molar-refractivity contribution >= 4 is 11.6 Å². The molecule has 3 aromatic carbocycles. The molecule has 0 bridgehead atoms. The van der Waals surface area contributed by atoms with E-state index < -0.39 is 11.6 Å². The molecule has 0 N–H and O–H groups in total. The fourth-order valence-electron chi connectivity index (χ4n) is 5.53. The van der Waals surface area contributed by atoms with Gasteiger partial charge in [-0.15, -0.1) is 0 Å². The van der Waals surface area contributed by atoms with Gasteiger partial charge in [-0.2, -0.15) is 13.2 Å². The van der Waals surface area contributed by atoms with Gasteiger partial charge in [-0.05, 0) is 47.2 Å². The number of piperazine rings is 1. The predicted octanol–water partition coefficient (Wildman–Crippen LogP) is 7.23. The highest BCUT2D eigenvalue weighted by Crippen LogP contribution is 2.54. The standard InChI is InChI=1S/C29H30ClF3N2/c30-26-13-9-24(10-14-26)27(23-5-2-1-3-6-23)35-19-17-34(18-20-35)21-22-7-11-25(12-8-22)28(15-4-16-28)29(31,32)33/h1-3,5-14,27H,4,15-21H2. The highest BCUT2D eigenvalue weighted by atomic mass is 35.5. The predicted molar refractivity (Wildman–Crippen MR) is 135 cm³/mol. The van der Waals surface area contributed by atoms with Gasteiger partial charge in [0.15, 0.2) is 0 Å². The summed E-state index contributed by atoms with van der Waals surface area (Å²) < 4.78 is 41.0. The van der Waals surface area contributed by atoms with Crippen LogP contribution in [0.3, 0.4) is 0 Å². The monoisotopic (exact) mass is 498 g/mol. The van der Waals surface area contributed by atoms with Gasteiger partial charge in [0, 0.05) is 37.7 Å². The summed E-state index contributed by atoms with van der Waals surface area (Å²) >= 11 is 6.14. The van der Waals surface area contributed by atoms with Gasteiger partial charge >= 0.3 is 6.18 Å². The fraction of sp³-hybridized carbons (Fsp3) is 0.379. The summed E-state index contributed by atoms with van der Waals surface area (Å²) in [6.45, 7) is 4.40. The third-order valence-electron chi connectivity index (χ3n) is 7.74. The van der Waals surface area contributed by atoms with Crippen molar-refractivity contribution in [2.45, 2.75) is 43.4 Å². The minimum Gasteiger partial charge on any atom is -0.297 e. The summed E-state index contributed by atoms with van der Waals surface area (Å²) in [5, 5.41) is 0.731. The molecule has 6 heteroatoms. The Kier molecular flexibility index (Phi) is 6.93. The first-order chi connectivity index (χ1) is 16.9. The maximum atomic E-state index is 13.7. The molecular formula is C29H30ClF3N2. The van der Waals surface area contributed by atoms with Crippen LogP contribution in [-0.2, 0) is 12.0 Å². The second kappa shape index (κ2) is 9.96. The molecule has 184 valence electrons. The first-order valence-electron chi connectivity index (χ1n) is 12.3. The molecule has 0 aromatic heterocycles. The Labute approximate surface area is 210 Å². The molecule has 2 aliphatic rings. The highest BCUT2D eigenvalue weighted by molar-refractivity contribution is 6.30. The molecular weight excluding hydrogens is 469 g/mol.